The quantitative estimate of drug-likeness (QED) is 0.890. The number of hydrogen-bond donors (Lipinski definition) is 2. The minimum atomic E-state index is -0.129. The van der Waals surface area contributed by atoms with E-state index in [0.29, 0.717) is 24.0 Å². The summed E-state index contributed by atoms with van der Waals surface area (Å²) in [4.78, 5) is 18.9. The monoisotopic (exact) mass is 290 g/mol. The number of pyridine rings is 1. The largest absolute Gasteiger partial charge is 0.384 e. The zero-order valence-electron chi connectivity index (χ0n) is 13.4. The highest BCUT2D eigenvalue weighted by Gasteiger charge is 2.22. The van der Waals surface area contributed by atoms with Gasteiger partial charge in [0.2, 0.25) is 0 Å². The van der Waals surface area contributed by atoms with Crippen LogP contribution in [0.5, 0.6) is 0 Å². The molecule has 1 aromatic rings. The van der Waals surface area contributed by atoms with Crippen LogP contribution in [0.25, 0.3) is 0 Å². The number of aromatic nitrogens is 1. The predicted octanol–water partition coefficient (Wildman–Crippen LogP) is 1.79. The van der Waals surface area contributed by atoms with E-state index >= 15 is 0 Å². The van der Waals surface area contributed by atoms with Gasteiger partial charge >= 0.3 is 0 Å². The molecule has 0 aliphatic carbocycles. The van der Waals surface area contributed by atoms with Gasteiger partial charge in [-0.05, 0) is 38.6 Å². The molecule has 5 nitrogen and oxygen atoms in total. The van der Waals surface area contributed by atoms with Crippen LogP contribution in [-0.4, -0.2) is 42.0 Å². The van der Waals surface area contributed by atoms with Crippen LogP contribution in [-0.2, 0) is 5.41 Å². The molecule has 1 saturated heterocycles. The average Bonchev–Trinajstić information content (AvgIpc) is 2.79. The van der Waals surface area contributed by atoms with E-state index in [1.54, 1.807) is 6.07 Å². The first kappa shape index (κ1) is 15.8. The fraction of sp³-hybridized carbons (Fsp3) is 0.625. The van der Waals surface area contributed by atoms with Crippen LogP contribution in [0.1, 0.15) is 49.7 Å². The summed E-state index contributed by atoms with van der Waals surface area (Å²) in [7, 11) is 2.10. The van der Waals surface area contributed by atoms with Gasteiger partial charge in [0, 0.05) is 29.3 Å². The summed E-state index contributed by atoms with van der Waals surface area (Å²) in [6, 6.07) is 3.92. The first-order valence-corrected chi connectivity index (χ1v) is 7.54. The summed E-state index contributed by atoms with van der Waals surface area (Å²) in [6.45, 7) is 7.97. The maximum Gasteiger partial charge on any atom is 0.251 e. The van der Waals surface area contributed by atoms with Crippen molar-refractivity contribution in [2.24, 2.45) is 0 Å². The number of carbonyl (C=O) groups is 1. The highest BCUT2D eigenvalue weighted by Crippen LogP contribution is 2.22. The van der Waals surface area contributed by atoms with E-state index in [-0.39, 0.29) is 11.3 Å². The molecule has 1 unspecified atom stereocenters. The van der Waals surface area contributed by atoms with Crippen LogP contribution in [0, 0.1) is 0 Å². The van der Waals surface area contributed by atoms with Crippen molar-refractivity contribution in [3.05, 3.63) is 23.4 Å². The molecule has 3 N–H and O–H groups in total. The Morgan fingerprint density at radius 1 is 1.48 bits per heavy atom. The number of likely N-dealkylation sites (N-methyl/N-ethyl adjacent to an activating group) is 1. The van der Waals surface area contributed by atoms with Crippen LogP contribution < -0.4 is 11.1 Å². The minimum absolute atomic E-state index is 0.0742. The third-order valence-corrected chi connectivity index (χ3v) is 4.05. The van der Waals surface area contributed by atoms with Gasteiger partial charge in [0.25, 0.3) is 5.91 Å². The molecule has 1 fully saturated rings. The summed E-state index contributed by atoms with van der Waals surface area (Å²) < 4.78 is 0. The van der Waals surface area contributed by atoms with Crippen LogP contribution in [0.3, 0.4) is 0 Å². The standard InChI is InChI=1S/C16H26N4O/c1-16(2,3)13-8-11(9-14(17)19-13)15(21)18-10-12-6-5-7-20(12)4/h8-9,12H,5-7,10H2,1-4H3,(H2,17,19)(H,18,21). The Labute approximate surface area is 126 Å². The highest BCUT2D eigenvalue weighted by atomic mass is 16.1. The predicted molar refractivity (Wildman–Crippen MR) is 85.3 cm³/mol. The molecule has 1 amide bonds. The van der Waals surface area contributed by atoms with Crippen LogP contribution in [0.2, 0.25) is 0 Å². The number of nitrogens with two attached hydrogens (primary N) is 1. The topological polar surface area (TPSA) is 71.2 Å². The summed E-state index contributed by atoms with van der Waals surface area (Å²) in [5.74, 6) is 0.320. The number of anilines is 1. The van der Waals surface area contributed by atoms with Crippen molar-refractivity contribution in [1.29, 1.82) is 0 Å². The lowest BCUT2D eigenvalue weighted by molar-refractivity contribution is 0.0943. The van der Waals surface area contributed by atoms with Gasteiger partial charge in [0.1, 0.15) is 5.82 Å². The summed E-state index contributed by atoms with van der Waals surface area (Å²) in [6.07, 6.45) is 2.34. The molecule has 21 heavy (non-hydrogen) atoms. The third-order valence-electron chi connectivity index (χ3n) is 4.05. The maximum atomic E-state index is 12.3. The molecule has 116 valence electrons. The van der Waals surface area contributed by atoms with E-state index in [1.165, 1.54) is 6.42 Å². The van der Waals surface area contributed by atoms with Gasteiger partial charge in [-0.15, -0.1) is 0 Å². The third kappa shape index (κ3) is 3.94. The summed E-state index contributed by atoms with van der Waals surface area (Å²) in [5, 5.41) is 3.01. The normalized spacial score (nSPS) is 19.7. The van der Waals surface area contributed by atoms with Crippen molar-refractivity contribution in [2.45, 2.75) is 45.1 Å². The van der Waals surface area contributed by atoms with Gasteiger partial charge in [-0.3, -0.25) is 4.79 Å². The second-order valence-corrected chi connectivity index (χ2v) is 6.90. The summed E-state index contributed by atoms with van der Waals surface area (Å²) >= 11 is 0. The van der Waals surface area contributed by atoms with E-state index in [1.807, 2.05) is 6.07 Å². The van der Waals surface area contributed by atoms with E-state index in [2.05, 4.69) is 43.0 Å². The average molecular weight is 290 g/mol. The number of likely N-dealkylation sites (tertiary alicyclic amines) is 1. The van der Waals surface area contributed by atoms with Crippen molar-refractivity contribution >= 4 is 11.7 Å². The fourth-order valence-electron chi connectivity index (χ4n) is 2.62. The molecule has 0 bridgehead atoms. The zero-order valence-corrected chi connectivity index (χ0v) is 13.4. The molecule has 0 spiro atoms. The number of rotatable bonds is 3. The molecular formula is C16H26N4O. The van der Waals surface area contributed by atoms with Crippen molar-refractivity contribution < 1.29 is 4.79 Å². The Balaban J connectivity index is 2.07. The van der Waals surface area contributed by atoms with Crippen molar-refractivity contribution in [1.82, 2.24) is 15.2 Å². The van der Waals surface area contributed by atoms with Gasteiger partial charge in [0.05, 0.1) is 0 Å². The Hall–Kier alpha value is -1.62. The summed E-state index contributed by atoms with van der Waals surface area (Å²) in [5.41, 5.74) is 7.14. The van der Waals surface area contributed by atoms with Crippen LogP contribution >= 0.6 is 0 Å². The first-order valence-electron chi connectivity index (χ1n) is 7.54. The Morgan fingerprint density at radius 2 is 2.19 bits per heavy atom. The molecule has 0 aromatic carbocycles. The number of nitrogens with one attached hydrogen (secondary N) is 1. The van der Waals surface area contributed by atoms with Crippen LogP contribution in [0.15, 0.2) is 12.1 Å². The zero-order chi connectivity index (χ0) is 15.6. The molecule has 5 heteroatoms. The lowest BCUT2D eigenvalue weighted by Gasteiger charge is -2.21. The smallest absolute Gasteiger partial charge is 0.251 e. The van der Waals surface area contributed by atoms with Crippen molar-refractivity contribution in [3.8, 4) is 0 Å². The molecule has 1 aliphatic heterocycles. The second-order valence-electron chi connectivity index (χ2n) is 6.90. The van der Waals surface area contributed by atoms with Gasteiger partial charge in [0.15, 0.2) is 0 Å². The van der Waals surface area contributed by atoms with E-state index in [4.69, 9.17) is 5.73 Å². The Kier molecular flexibility index (Phi) is 4.52. The molecule has 1 aromatic heterocycles. The Bertz CT molecular complexity index is 521. The van der Waals surface area contributed by atoms with E-state index in [9.17, 15) is 4.79 Å². The van der Waals surface area contributed by atoms with Crippen molar-refractivity contribution in [3.63, 3.8) is 0 Å². The van der Waals surface area contributed by atoms with Crippen LogP contribution in [0.4, 0.5) is 5.82 Å². The number of hydrogen-bond acceptors (Lipinski definition) is 4. The first-order chi connectivity index (χ1) is 9.77. The molecule has 0 radical (unpaired) electrons. The maximum absolute atomic E-state index is 12.3. The van der Waals surface area contributed by atoms with E-state index < -0.39 is 0 Å². The SMILES string of the molecule is CN1CCCC1CNC(=O)c1cc(N)nc(C(C)(C)C)c1. The number of carbonyl (C=O) groups excluding carboxylic acids is 1. The second kappa shape index (κ2) is 6.02. The van der Waals surface area contributed by atoms with E-state index in [0.717, 1.165) is 18.7 Å². The molecule has 1 aliphatic rings. The number of amides is 1. The highest BCUT2D eigenvalue weighted by molar-refractivity contribution is 5.95. The minimum Gasteiger partial charge on any atom is -0.384 e. The molecule has 1 atom stereocenters. The Morgan fingerprint density at radius 3 is 2.76 bits per heavy atom. The molecule has 0 saturated carbocycles. The number of nitrogen functional groups attached to an aromatic ring is 1. The molecular weight excluding hydrogens is 264 g/mol. The van der Waals surface area contributed by atoms with Gasteiger partial charge in [-0.1, -0.05) is 20.8 Å². The van der Waals surface area contributed by atoms with Gasteiger partial charge in [-0.2, -0.15) is 0 Å². The fourth-order valence-corrected chi connectivity index (χ4v) is 2.62. The van der Waals surface area contributed by atoms with Gasteiger partial charge in [-0.25, -0.2) is 4.98 Å². The van der Waals surface area contributed by atoms with Crippen molar-refractivity contribution in [2.75, 3.05) is 25.9 Å². The molecule has 2 heterocycles. The number of nitrogens with zero attached hydrogens (tertiary/aromatic N) is 2. The van der Waals surface area contributed by atoms with Gasteiger partial charge < -0.3 is 16.0 Å². The lowest BCUT2D eigenvalue weighted by atomic mass is 9.90. The molecule has 2 rings (SSSR count). The lowest BCUT2D eigenvalue weighted by Crippen LogP contribution is -2.38.